The molecule has 238 valence electrons. The number of halogens is 4. The van der Waals surface area contributed by atoms with E-state index in [1.54, 1.807) is 17.9 Å². The molecule has 1 aliphatic rings. The molecule has 3 aromatic carbocycles. The van der Waals surface area contributed by atoms with Crippen LogP contribution in [0.1, 0.15) is 30.5 Å². The molecular formula is C31H35F4N3O5S. The van der Waals surface area contributed by atoms with Gasteiger partial charge in [-0.15, -0.1) is 0 Å². The largest absolute Gasteiger partial charge is 0.488 e. The summed E-state index contributed by atoms with van der Waals surface area (Å²) in [5, 5.41) is 9.86. The zero-order valence-corrected chi connectivity index (χ0v) is 25.3. The van der Waals surface area contributed by atoms with Gasteiger partial charge < -0.3 is 14.7 Å². The minimum atomic E-state index is -4.42. The number of benzene rings is 3. The maximum absolute atomic E-state index is 13.4. The summed E-state index contributed by atoms with van der Waals surface area (Å²) in [5.41, 5.74) is 0.555. The smallest absolute Gasteiger partial charge is 0.416 e. The lowest BCUT2D eigenvalue weighted by Gasteiger charge is -2.34. The minimum Gasteiger partial charge on any atom is -0.488 e. The fourth-order valence-corrected chi connectivity index (χ4v) is 6.07. The topological polar surface area (TPSA) is 99.2 Å². The molecule has 4 rings (SSSR count). The molecule has 1 aliphatic heterocycles. The Balaban J connectivity index is 1.60. The third-order valence-electron chi connectivity index (χ3n) is 7.52. The van der Waals surface area contributed by atoms with Crippen LogP contribution in [0.4, 0.5) is 23.2 Å². The number of carbonyl (C=O) groups excluding carboxylic acids is 1. The Morgan fingerprint density at radius 2 is 1.75 bits per heavy atom. The van der Waals surface area contributed by atoms with Gasteiger partial charge in [0.1, 0.15) is 17.7 Å². The Morgan fingerprint density at radius 1 is 1.09 bits per heavy atom. The lowest BCUT2D eigenvalue weighted by molar-refractivity contribution is -0.137. The molecule has 8 nitrogen and oxygen atoms in total. The molecule has 3 atom stereocenters. The highest BCUT2D eigenvalue weighted by atomic mass is 32.2. The van der Waals surface area contributed by atoms with Gasteiger partial charge in [0.05, 0.1) is 29.5 Å². The van der Waals surface area contributed by atoms with Crippen molar-refractivity contribution in [1.29, 1.82) is 0 Å². The van der Waals surface area contributed by atoms with Gasteiger partial charge >= 0.3 is 6.18 Å². The molecule has 0 bridgehead atoms. The Labute approximate surface area is 254 Å². The minimum absolute atomic E-state index is 0.118. The summed E-state index contributed by atoms with van der Waals surface area (Å²) < 4.78 is 87.0. The van der Waals surface area contributed by atoms with Gasteiger partial charge in [-0.25, -0.2) is 12.8 Å². The second-order valence-electron chi connectivity index (χ2n) is 11.2. The van der Waals surface area contributed by atoms with Crippen LogP contribution in [0.2, 0.25) is 0 Å². The predicted molar refractivity (Wildman–Crippen MR) is 157 cm³/mol. The van der Waals surface area contributed by atoms with E-state index in [9.17, 15) is 35.9 Å². The van der Waals surface area contributed by atoms with Crippen LogP contribution in [0, 0.1) is 11.7 Å². The van der Waals surface area contributed by atoms with Crippen molar-refractivity contribution < 1.29 is 40.6 Å². The number of likely N-dealkylation sites (N-methyl/N-ethyl adjacent to an activating group) is 1. The number of alkyl halides is 3. The van der Waals surface area contributed by atoms with Crippen molar-refractivity contribution in [2.24, 2.45) is 5.92 Å². The van der Waals surface area contributed by atoms with Crippen LogP contribution in [-0.2, 0) is 34.0 Å². The van der Waals surface area contributed by atoms with Crippen molar-refractivity contribution in [1.82, 2.24) is 9.80 Å². The maximum Gasteiger partial charge on any atom is 0.416 e. The number of aliphatic hydroxyl groups excluding tert-OH is 1. The fourth-order valence-electron chi connectivity index (χ4n) is 5.02. The average molecular weight is 638 g/mol. The molecule has 0 radical (unpaired) electrons. The Hall–Kier alpha value is -3.68. The monoisotopic (exact) mass is 637 g/mol. The normalized spacial score (nSPS) is 18.6. The number of nitrogens with one attached hydrogen (secondary N) is 1. The van der Waals surface area contributed by atoms with Crippen LogP contribution < -0.4 is 9.46 Å². The SMILES string of the molecule is C[C@H](CO)N1C[C@H](C)[C@@H](CN(C)Cc2ccc(C(F)(F)F)cc2)Oc2ccc(NS(=O)(=O)c3ccc(F)cc3)cc2CC1=O. The number of carbonyl (C=O) groups is 1. The van der Waals surface area contributed by atoms with Crippen LogP contribution in [0.15, 0.2) is 71.6 Å². The first-order valence-corrected chi connectivity index (χ1v) is 15.5. The summed E-state index contributed by atoms with van der Waals surface area (Å²) in [7, 11) is -2.24. The first kappa shape index (κ1) is 33.2. The molecule has 2 N–H and O–H groups in total. The summed E-state index contributed by atoms with van der Waals surface area (Å²) in [6.07, 6.45) is -5.02. The highest BCUT2D eigenvalue weighted by Crippen LogP contribution is 2.31. The zero-order valence-electron chi connectivity index (χ0n) is 24.5. The van der Waals surface area contributed by atoms with Gasteiger partial charge in [-0.3, -0.25) is 14.4 Å². The Bertz CT molecular complexity index is 1550. The van der Waals surface area contributed by atoms with E-state index >= 15 is 0 Å². The van der Waals surface area contributed by atoms with Crippen LogP contribution in [-0.4, -0.2) is 68.1 Å². The average Bonchev–Trinajstić information content (AvgIpc) is 3.00. The van der Waals surface area contributed by atoms with Crippen LogP contribution in [0.5, 0.6) is 5.75 Å². The molecule has 1 amide bonds. The molecule has 0 unspecified atom stereocenters. The number of amides is 1. The van der Waals surface area contributed by atoms with Crippen molar-refractivity contribution in [3.05, 3.63) is 89.2 Å². The number of ether oxygens (including phenoxy) is 1. The van der Waals surface area contributed by atoms with Crippen LogP contribution >= 0.6 is 0 Å². The number of sulfonamides is 1. The molecule has 0 aliphatic carbocycles. The standard InChI is InChI=1S/C31H35F4N3O5S/c1-20-16-38(21(2)19-39)30(40)15-23-14-26(36-44(41,42)27-11-8-25(32)9-12-27)10-13-28(23)43-29(20)18-37(3)17-22-4-6-24(7-5-22)31(33,34)35/h4-14,20-21,29,36,39H,15-19H2,1-3H3/t20-,21+,29+/m0/s1. The van der Waals surface area contributed by atoms with E-state index in [1.807, 2.05) is 18.9 Å². The van der Waals surface area contributed by atoms with E-state index in [0.29, 0.717) is 30.0 Å². The van der Waals surface area contributed by atoms with Gasteiger partial charge in [0, 0.05) is 36.8 Å². The first-order chi connectivity index (χ1) is 20.7. The second-order valence-corrected chi connectivity index (χ2v) is 12.8. The highest BCUT2D eigenvalue weighted by molar-refractivity contribution is 7.92. The van der Waals surface area contributed by atoms with Crippen LogP contribution in [0.3, 0.4) is 0 Å². The molecule has 0 spiro atoms. The van der Waals surface area contributed by atoms with Gasteiger partial charge in [0.15, 0.2) is 0 Å². The van der Waals surface area contributed by atoms with Crippen molar-refractivity contribution in [2.45, 2.75) is 50.0 Å². The lowest BCUT2D eigenvalue weighted by Crippen LogP contribution is -2.47. The van der Waals surface area contributed by atoms with Crippen LogP contribution in [0.25, 0.3) is 0 Å². The number of aliphatic hydroxyl groups is 1. The van der Waals surface area contributed by atoms with Gasteiger partial charge in [0.2, 0.25) is 5.91 Å². The molecule has 3 aromatic rings. The number of hydrogen-bond donors (Lipinski definition) is 2. The fraction of sp³-hybridized carbons (Fsp3) is 0.387. The number of anilines is 1. The van der Waals surface area contributed by atoms with Gasteiger partial charge in [0.25, 0.3) is 10.0 Å². The number of hydrogen-bond acceptors (Lipinski definition) is 6. The third kappa shape index (κ3) is 8.27. The van der Waals surface area contributed by atoms with Crippen molar-refractivity contribution >= 4 is 21.6 Å². The maximum atomic E-state index is 13.4. The van der Waals surface area contributed by atoms with E-state index < -0.39 is 39.7 Å². The second kappa shape index (κ2) is 13.5. The van der Waals surface area contributed by atoms with E-state index in [-0.39, 0.29) is 42.0 Å². The van der Waals surface area contributed by atoms with E-state index in [2.05, 4.69) is 4.72 Å². The molecule has 0 saturated heterocycles. The molecule has 0 fully saturated rings. The first-order valence-electron chi connectivity index (χ1n) is 14.0. The number of fused-ring (bicyclic) bond motifs is 1. The summed E-state index contributed by atoms with van der Waals surface area (Å²) in [6, 6.07) is 13.4. The van der Waals surface area contributed by atoms with Crippen molar-refractivity contribution in [3.8, 4) is 5.75 Å². The van der Waals surface area contributed by atoms with E-state index in [1.165, 1.54) is 24.3 Å². The summed E-state index contributed by atoms with van der Waals surface area (Å²) in [6.45, 7) is 4.35. The molecule has 0 saturated carbocycles. The van der Waals surface area contributed by atoms with Crippen molar-refractivity contribution in [3.63, 3.8) is 0 Å². The molecule has 13 heteroatoms. The third-order valence-corrected chi connectivity index (χ3v) is 8.92. The van der Waals surface area contributed by atoms with Gasteiger partial charge in [-0.1, -0.05) is 19.1 Å². The molecule has 1 heterocycles. The number of nitrogens with zero attached hydrogens (tertiary/aromatic N) is 2. The Kier molecular flexibility index (Phi) is 10.2. The molecule has 44 heavy (non-hydrogen) atoms. The Morgan fingerprint density at radius 3 is 2.36 bits per heavy atom. The molecule has 0 aromatic heterocycles. The predicted octanol–water partition coefficient (Wildman–Crippen LogP) is 4.93. The summed E-state index contributed by atoms with van der Waals surface area (Å²) >= 11 is 0. The summed E-state index contributed by atoms with van der Waals surface area (Å²) in [4.78, 5) is 16.8. The van der Waals surface area contributed by atoms with Gasteiger partial charge in [-0.2, -0.15) is 13.2 Å². The van der Waals surface area contributed by atoms with Crippen molar-refractivity contribution in [2.75, 3.05) is 31.5 Å². The number of rotatable bonds is 9. The van der Waals surface area contributed by atoms with Gasteiger partial charge in [-0.05, 0) is 74.1 Å². The highest BCUT2D eigenvalue weighted by Gasteiger charge is 2.32. The summed E-state index contributed by atoms with van der Waals surface area (Å²) in [5.74, 6) is -0.695. The quantitative estimate of drug-likeness (QED) is 0.323. The van der Waals surface area contributed by atoms with E-state index in [4.69, 9.17) is 4.74 Å². The zero-order chi connectivity index (χ0) is 32.2. The lowest BCUT2D eigenvalue weighted by atomic mass is 10.0. The van der Waals surface area contributed by atoms with E-state index in [0.717, 1.165) is 36.4 Å². The molecular weight excluding hydrogens is 602 g/mol.